The molecule has 0 bridgehead atoms. The molecule has 0 fully saturated rings. The van der Waals surface area contributed by atoms with Gasteiger partial charge in [0.25, 0.3) is 0 Å². The third kappa shape index (κ3) is 3.16. The summed E-state index contributed by atoms with van der Waals surface area (Å²) in [5.74, 6) is 0.319. The lowest BCUT2D eigenvalue weighted by Gasteiger charge is -2.06. The first-order valence-corrected chi connectivity index (χ1v) is 6.20. The standard InChI is InChI=1S/C15H16N2O2/c1-3-11-6-7-12(17-10-11)9-14(18)13-5-4-8-16-15(13)19-2/h4-8,10H,3,9H2,1-2H3. The van der Waals surface area contributed by atoms with Crippen LogP contribution < -0.4 is 4.74 Å². The summed E-state index contributed by atoms with van der Waals surface area (Å²) in [5.41, 5.74) is 2.41. The zero-order valence-corrected chi connectivity index (χ0v) is 11.1. The quantitative estimate of drug-likeness (QED) is 0.771. The topological polar surface area (TPSA) is 52.1 Å². The highest BCUT2D eigenvalue weighted by molar-refractivity contribution is 5.99. The molecule has 0 N–H and O–H groups in total. The Hall–Kier alpha value is -2.23. The van der Waals surface area contributed by atoms with Gasteiger partial charge in [-0.2, -0.15) is 0 Å². The molecule has 19 heavy (non-hydrogen) atoms. The molecule has 2 heterocycles. The Morgan fingerprint density at radius 3 is 2.74 bits per heavy atom. The van der Waals surface area contributed by atoms with Gasteiger partial charge in [0.05, 0.1) is 19.1 Å². The van der Waals surface area contributed by atoms with E-state index in [-0.39, 0.29) is 12.2 Å². The molecule has 0 saturated heterocycles. The molecule has 0 atom stereocenters. The van der Waals surface area contributed by atoms with Gasteiger partial charge in [-0.25, -0.2) is 4.98 Å². The maximum atomic E-state index is 12.2. The largest absolute Gasteiger partial charge is 0.480 e. The van der Waals surface area contributed by atoms with Crippen LogP contribution in [0.3, 0.4) is 0 Å². The molecule has 2 rings (SSSR count). The van der Waals surface area contributed by atoms with Gasteiger partial charge in [-0.05, 0) is 30.2 Å². The van der Waals surface area contributed by atoms with Crippen molar-refractivity contribution in [3.63, 3.8) is 0 Å². The number of carbonyl (C=O) groups is 1. The van der Waals surface area contributed by atoms with Gasteiger partial charge in [-0.15, -0.1) is 0 Å². The normalized spacial score (nSPS) is 10.2. The van der Waals surface area contributed by atoms with Crippen LogP contribution in [-0.4, -0.2) is 22.9 Å². The molecule has 2 aromatic rings. The van der Waals surface area contributed by atoms with Crippen LogP contribution in [0.4, 0.5) is 0 Å². The van der Waals surface area contributed by atoms with E-state index in [2.05, 4.69) is 16.9 Å². The van der Waals surface area contributed by atoms with Crippen LogP contribution >= 0.6 is 0 Å². The summed E-state index contributed by atoms with van der Waals surface area (Å²) in [5, 5.41) is 0. The van der Waals surface area contributed by atoms with Crippen LogP contribution in [0.5, 0.6) is 5.88 Å². The molecule has 0 aromatic carbocycles. The van der Waals surface area contributed by atoms with Crippen molar-refractivity contribution in [3.05, 3.63) is 53.5 Å². The maximum Gasteiger partial charge on any atom is 0.224 e. The molecule has 0 saturated carbocycles. The highest BCUT2D eigenvalue weighted by atomic mass is 16.5. The first kappa shape index (κ1) is 13.2. The van der Waals surface area contributed by atoms with Crippen LogP contribution in [0, 0.1) is 0 Å². The molecule has 4 heteroatoms. The second kappa shape index (κ2) is 6.09. The predicted octanol–water partition coefficient (Wildman–Crippen LogP) is 2.47. The number of Topliss-reactive ketones (excluding diaryl/α,β-unsaturated/α-hetero) is 1. The fourth-order valence-electron chi connectivity index (χ4n) is 1.79. The summed E-state index contributed by atoms with van der Waals surface area (Å²) >= 11 is 0. The lowest BCUT2D eigenvalue weighted by Crippen LogP contribution is -2.08. The first-order chi connectivity index (χ1) is 9.24. The number of pyridine rings is 2. The van der Waals surface area contributed by atoms with Crippen molar-refractivity contribution >= 4 is 5.78 Å². The van der Waals surface area contributed by atoms with Gasteiger partial charge in [0.15, 0.2) is 5.78 Å². The number of methoxy groups -OCH3 is 1. The third-order valence-electron chi connectivity index (χ3n) is 2.90. The minimum absolute atomic E-state index is 0.0401. The first-order valence-electron chi connectivity index (χ1n) is 6.20. The Balaban J connectivity index is 2.16. The van der Waals surface area contributed by atoms with Crippen LogP contribution in [-0.2, 0) is 12.8 Å². The van der Waals surface area contributed by atoms with Gasteiger partial charge in [0.1, 0.15) is 0 Å². The summed E-state index contributed by atoms with van der Waals surface area (Å²) < 4.78 is 5.09. The number of nitrogens with zero attached hydrogens (tertiary/aromatic N) is 2. The van der Waals surface area contributed by atoms with Gasteiger partial charge in [-0.1, -0.05) is 13.0 Å². The number of aryl methyl sites for hydroxylation is 1. The molecular formula is C15H16N2O2. The Bertz CT molecular complexity index is 565. The van der Waals surface area contributed by atoms with Gasteiger partial charge < -0.3 is 4.74 Å². The third-order valence-corrected chi connectivity index (χ3v) is 2.90. The lowest BCUT2D eigenvalue weighted by molar-refractivity contribution is 0.0988. The number of rotatable bonds is 5. The molecule has 0 amide bonds. The van der Waals surface area contributed by atoms with Crippen molar-refractivity contribution in [1.29, 1.82) is 0 Å². The smallest absolute Gasteiger partial charge is 0.224 e. The van der Waals surface area contributed by atoms with Crippen molar-refractivity contribution in [2.24, 2.45) is 0 Å². The van der Waals surface area contributed by atoms with E-state index in [0.29, 0.717) is 11.4 Å². The molecule has 0 aliphatic rings. The highest BCUT2D eigenvalue weighted by Gasteiger charge is 2.13. The van der Waals surface area contributed by atoms with Crippen LogP contribution in [0.1, 0.15) is 28.5 Å². The molecule has 0 aliphatic heterocycles. The molecule has 4 nitrogen and oxygen atoms in total. The summed E-state index contributed by atoms with van der Waals surface area (Å²) in [6.45, 7) is 2.07. The summed E-state index contributed by atoms with van der Waals surface area (Å²) in [4.78, 5) is 20.5. The number of ketones is 1. The van der Waals surface area contributed by atoms with Gasteiger partial charge in [0, 0.05) is 18.1 Å². The molecule has 98 valence electrons. The average Bonchev–Trinajstić information content (AvgIpc) is 2.48. The molecule has 0 aliphatic carbocycles. The zero-order valence-electron chi connectivity index (χ0n) is 11.1. The van der Waals surface area contributed by atoms with Crippen LogP contribution in [0.2, 0.25) is 0 Å². The van der Waals surface area contributed by atoms with Gasteiger partial charge in [0.2, 0.25) is 5.88 Å². The van der Waals surface area contributed by atoms with E-state index < -0.39 is 0 Å². The summed E-state index contributed by atoms with van der Waals surface area (Å²) in [6.07, 6.45) is 4.61. The van der Waals surface area contributed by atoms with E-state index in [0.717, 1.165) is 17.7 Å². The average molecular weight is 256 g/mol. The van der Waals surface area contributed by atoms with Crippen LogP contribution in [0.25, 0.3) is 0 Å². The predicted molar refractivity (Wildman–Crippen MR) is 72.4 cm³/mol. The van der Waals surface area contributed by atoms with E-state index >= 15 is 0 Å². The molecule has 0 radical (unpaired) electrons. The van der Waals surface area contributed by atoms with E-state index in [1.807, 2.05) is 18.3 Å². The number of carbonyl (C=O) groups excluding carboxylic acids is 1. The van der Waals surface area contributed by atoms with E-state index in [4.69, 9.17) is 4.74 Å². The second-order valence-corrected chi connectivity index (χ2v) is 4.17. The fourth-order valence-corrected chi connectivity index (χ4v) is 1.79. The number of hydrogen-bond acceptors (Lipinski definition) is 4. The second-order valence-electron chi connectivity index (χ2n) is 4.17. The molecule has 0 unspecified atom stereocenters. The van der Waals surface area contributed by atoms with Crippen molar-refractivity contribution < 1.29 is 9.53 Å². The van der Waals surface area contributed by atoms with E-state index in [1.165, 1.54) is 7.11 Å². The van der Waals surface area contributed by atoms with E-state index in [1.54, 1.807) is 18.3 Å². The molecular weight excluding hydrogens is 240 g/mol. The minimum atomic E-state index is -0.0401. The SMILES string of the molecule is CCc1ccc(CC(=O)c2cccnc2OC)nc1. The highest BCUT2D eigenvalue weighted by Crippen LogP contribution is 2.16. The van der Waals surface area contributed by atoms with Gasteiger partial charge >= 0.3 is 0 Å². The van der Waals surface area contributed by atoms with Crippen molar-refractivity contribution in [1.82, 2.24) is 9.97 Å². The Kier molecular flexibility index (Phi) is 4.23. The Morgan fingerprint density at radius 2 is 2.11 bits per heavy atom. The summed E-state index contributed by atoms with van der Waals surface area (Å²) in [7, 11) is 1.51. The minimum Gasteiger partial charge on any atom is -0.480 e. The lowest BCUT2D eigenvalue weighted by atomic mass is 10.1. The Labute approximate surface area is 112 Å². The maximum absolute atomic E-state index is 12.2. The van der Waals surface area contributed by atoms with E-state index in [9.17, 15) is 4.79 Å². The van der Waals surface area contributed by atoms with Crippen molar-refractivity contribution in [2.75, 3.05) is 7.11 Å². The van der Waals surface area contributed by atoms with Crippen molar-refractivity contribution in [2.45, 2.75) is 19.8 Å². The monoisotopic (exact) mass is 256 g/mol. The number of aromatic nitrogens is 2. The van der Waals surface area contributed by atoms with Crippen molar-refractivity contribution in [3.8, 4) is 5.88 Å². The molecule has 0 spiro atoms. The fraction of sp³-hybridized carbons (Fsp3) is 0.267. The zero-order chi connectivity index (χ0) is 13.7. The number of hydrogen-bond donors (Lipinski definition) is 0. The van der Waals surface area contributed by atoms with Gasteiger partial charge in [-0.3, -0.25) is 9.78 Å². The summed E-state index contributed by atoms with van der Waals surface area (Å²) in [6, 6.07) is 7.33. The van der Waals surface area contributed by atoms with Crippen LogP contribution in [0.15, 0.2) is 36.7 Å². The number of ether oxygens (including phenoxy) is 1. The Morgan fingerprint density at radius 1 is 1.26 bits per heavy atom. The molecule has 2 aromatic heterocycles.